The van der Waals surface area contributed by atoms with Crippen molar-refractivity contribution in [1.29, 1.82) is 0 Å². The van der Waals surface area contributed by atoms with E-state index in [1.165, 1.54) is 11.1 Å². The van der Waals surface area contributed by atoms with Crippen LogP contribution in [0, 0.1) is 12.8 Å². The van der Waals surface area contributed by atoms with E-state index in [4.69, 9.17) is 5.73 Å². The third-order valence-corrected chi connectivity index (χ3v) is 4.11. The Kier molecular flexibility index (Phi) is 4.59. The molecule has 1 aliphatic carbocycles. The third kappa shape index (κ3) is 3.57. The number of amides is 1. The summed E-state index contributed by atoms with van der Waals surface area (Å²) in [7, 11) is 1.90. The summed E-state index contributed by atoms with van der Waals surface area (Å²) >= 11 is 0. The Balaban J connectivity index is 1.97. The van der Waals surface area contributed by atoms with Gasteiger partial charge in [-0.3, -0.25) is 4.79 Å². The first kappa shape index (κ1) is 14.1. The van der Waals surface area contributed by atoms with Crippen LogP contribution in [0.1, 0.15) is 36.8 Å². The second-order valence-electron chi connectivity index (χ2n) is 5.74. The van der Waals surface area contributed by atoms with Crippen LogP contribution < -0.4 is 5.73 Å². The standard InChI is InChI=1S/C16H24N2O/c1-12-6-3-4-7-14(12)11-18(2)16(19)13-8-5-9-15(17)10-13/h3-4,6-7,13,15H,5,8-11,17H2,1-2H3. The minimum Gasteiger partial charge on any atom is -0.341 e. The van der Waals surface area contributed by atoms with Gasteiger partial charge in [-0.15, -0.1) is 0 Å². The van der Waals surface area contributed by atoms with Gasteiger partial charge in [-0.25, -0.2) is 0 Å². The highest BCUT2D eigenvalue weighted by Crippen LogP contribution is 2.25. The Morgan fingerprint density at radius 1 is 1.37 bits per heavy atom. The largest absolute Gasteiger partial charge is 0.341 e. The molecule has 1 aliphatic rings. The van der Waals surface area contributed by atoms with Gasteiger partial charge in [0.25, 0.3) is 0 Å². The Morgan fingerprint density at radius 3 is 2.79 bits per heavy atom. The number of nitrogens with two attached hydrogens (primary N) is 1. The molecule has 0 aliphatic heterocycles. The van der Waals surface area contributed by atoms with Gasteiger partial charge >= 0.3 is 0 Å². The minimum atomic E-state index is 0.123. The number of hydrogen-bond donors (Lipinski definition) is 1. The molecule has 0 saturated heterocycles. The molecule has 1 fully saturated rings. The van der Waals surface area contributed by atoms with Gasteiger partial charge in [0.05, 0.1) is 0 Å². The van der Waals surface area contributed by atoms with Gasteiger partial charge in [0.15, 0.2) is 0 Å². The third-order valence-electron chi connectivity index (χ3n) is 4.11. The molecular formula is C16H24N2O. The quantitative estimate of drug-likeness (QED) is 0.907. The van der Waals surface area contributed by atoms with Crippen LogP contribution in [0.5, 0.6) is 0 Å². The molecule has 3 heteroatoms. The van der Waals surface area contributed by atoms with Crippen LogP contribution >= 0.6 is 0 Å². The van der Waals surface area contributed by atoms with Gasteiger partial charge in [-0.1, -0.05) is 30.7 Å². The molecule has 3 nitrogen and oxygen atoms in total. The molecular weight excluding hydrogens is 236 g/mol. The van der Waals surface area contributed by atoms with Crippen molar-refractivity contribution in [3.05, 3.63) is 35.4 Å². The molecule has 0 bridgehead atoms. The molecule has 1 aromatic rings. The zero-order chi connectivity index (χ0) is 13.8. The van der Waals surface area contributed by atoms with E-state index in [1.54, 1.807) is 0 Å². The summed E-state index contributed by atoms with van der Waals surface area (Å²) in [6.07, 6.45) is 3.97. The van der Waals surface area contributed by atoms with Crippen molar-refractivity contribution in [3.8, 4) is 0 Å². The van der Waals surface area contributed by atoms with E-state index in [1.807, 2.05) is 24.1 Å². The van der Waals surface area contributed by atoms with Crippen LogP contribution in [0.3, 0.4) is 0 Å². The van der Waals surface area contributed by atoms with Gasteiger partial charge in [0, 0.05) is 25.6 Å². The van der Waals surface area contributed by atoms with E-state index in [2.05, 4.69) is 19.1 Å². The van der Waals surface area contributed by atoms with E-state index in [-0.39, 0.29) is 17.9 Å². The highest BCUT2D eigenvalue weighted by molar-refractivity contribution is 5.78. The van der Waals surface area contributed by atoms with Crippen LogP contribution in [0.4, 0.5) is 0 Å². The topological polar surface area (TPSA) is 46.3 Å². The Bertz CT molecular complexity index is 444. The van der Waals surface area contributed by atoms with E-state index in [0.717, 1.165) is 25.7 Å². The molecule has 19 heavy (non-hydrogen) atoms. The molecule has 2 rings (SSSR count). The van der Waals surface area contributed by atoms with Crippen molar-refractivity contribution in [2.75, 3.05) is 7.05 Å². The molecule has 104 valence electrons. The van der Waals surface area contributed by atoms with E-state index in [0.29, 0.717) is 6.54 Å². The van der Waals surface area contributed by atoms with Crippen molar-refractivity contribution in [1.82, 2.24) is 4.90 Å². The summed E-state index contributed by atoms with van der Waals surface area (Å²) in [5.41, 5.74) is 8.43. The van der Waals surface area contributed by atoms with Crippen LogP contribution in [0.15, 0.2) is 24.3 Å². The average molecular weight is 260 g/mol. The predicted molar refractivity (Wildman–Crippen MR) is 77.6 cm³/mol. The number of nitrogens with zero attached hydrogens (tertiary/aromatic N) is 1. The highest BCUT2D eigenvalue weighted by atomic mass is 16.2. The molecule has 2 unspecified atom stereocenters. The molecule has 2 atom stereocenters. The molecule has 1 amide bonds. The number of benzene rings is 1. The fourth-order valence-corrected chi connectivity index (χ4v) is 2.88. The van der Waals surface area contributed by atoms with Crippen LogP contribution in [-0.2, 0) is 11.3 Å². The van der Waals surface area contributed by atoms with E-state index < -0.39 is 0 Å². The van der Waals surface area contributed by atoms with Gasteiger partial charge in [0.2, 0.25) is 5.91 Å². The van der Waals surface area contributed by atoms with Gasteiger partial charge in [-0.05, 0) is 37.3 Å². The first-order valence-electron chi connectivity index (χ1n) is 7.13. The summed E-state index contributed by atoms with van der Waals surface area (Å²) in [5.74, 6) is 0.371. The number of rotatable bonds is 3. The monoisotopic (exact) mass is 260 g/mol. The molecule has 0 spiro atoms. The molecule has 0 radical (unpaired) electrons. The van der Waals surface area contributed by atoms with Gasteiger partial charge < -0.3 is 10.6 Å². The Labute approximate surface area is 115 Å². The van der Waals surface area contributed by atoms with Crippen molar-refractivity contribution in [2.24, 2.45) is 11.7 Å². The van der Waals surface area contributed by atoms with Crippen molar-refractivity contribution >= 4 is 5.91 Å². The number of carbonyl (C=O) groups excluding carboxylic acids is 1. The van der Waals surface area contributed by atoms with Crippen LogP contribution in [0.2, 0.25) is 0 Å². The second kappa shape index (κ2) is 6.20. The summed E-state index contributed by atoms with van der Waals surface area (Å²) in [4.78, 5) is 14.3. The molecule has 0 heterocycles. The molecule has 0 aromatic heterocycles. The summed E-state index contributed by atoms with van der Waals surface area (Å²) < 4.78 is 0. The lowest BCUT2D eigenvalue weighted by Crippen LogP contribution is -2.38. The lowest BCUT2D eigenvalue weighted by Gasteiger charge is -2.29. The van der Waals surface area contributed by atoms with Crippen molar-refractivity contribution < 1.29 is 4.79 Å². The Morgan fingerprint density at radius 2 is 2.11 bits per heavy atom. The zero-order valence-corrected chi connectivity index (χ0v) is 11.9. The average Bonchev–Trinajstić information content (AvgIpc) is 2.40. The summed E-state index contributed by atoms with van der Waals surface area (Å²) in [6.45, 7) is 2.78. The van der Waals surface area contributed by atoms with Crippen molar-refractivity contribution in [2.45, 2.75) is 45.2 Å². The second-order valence-corrected chi connectivity index (χ2v) is 5.74. The first-order valence-corrected chi connectivity index (χ1v) is 7.13. The normalized spacial score (nSPS) is 23.1. The molecule has 1 aromatic carbocycles. The maximum Gasteiger partial charge on any atom is 0.225 e. The van der Waals surface area contributed by atoms with Crippen LogP contribution in [0.25, 0.3) is 0 Å². The summed E-state index contributed by atoms with van der Waals surface area (Å²) in [6, 6.07) is 8.43. The molecule has 2 N–H and O–H groups in total. The SMILES string of the molecule is Cc1ccccc1CN(C)C(=O)C1CCCC(N)C1. The van der Waals surface area contributed by atoms with Gasteiger partial charge in [-0.2, -0.15) is 0 Å². The minimum absolute atomic E-state index is 0.123. The smallest absolute Gasteiger partial charge is 0.225 e. The van der Waals surface area contributed by atoms with Crippen molar-refractivity contribution in [3.63, 3.8) is 0 Å². The number of aryl methyl sites for hydroxylation is 1. The lowest BCUT2D eigenvalue weighted by atomic mass is 9.85. The zero-order valence-electron chi connectivity index (χ0n) is 11.9. The fraction of sp³-hybridized carbons (Fsp3) is 0.562. The fourth-order valence-electron chi connectivity index (χ4n) is 2.88. The van der Waals surface area contributed by atoms with Crippen LogP contribution in [-0.4, -0.2) is 23.9 Å². The number of carbonyl (C=O) groups is 1. The maximum absolute atomic E-state index is 12.4. The number of hydrogen-bond acceptors (Lipinski definition) is 2. The molecule has 1 saturated carbocycles. The predicted octanol–water partition coefficient (Wildman–Crippen LogP) is 2.47. The lowest BCUT2D eigenvalue weighted by molar-refractivity contribution is -0.135. The summed E-state index contributed by atoms with van der Waals surface area (Å²) in [5, 5.41) is 0. The first-order chi connectivity index (χ1) is 9.08. The maximum atomic E-state index is 12.4. The van der Waals surface area contributed by atoms with E-state index >= 15 is 0 Å². The highest BCUT2D eigenvalue weighted by Gasteiger charge is 2.27. The Hall–Kier alpha value is -1.35. The van der Waals surface area contributed by atoms with Gasteiger partial charge in [0.1, 0.15) is 0 Å². The van der Waals surface area contributed by atoms with E-state index in [9.17, 15) is 4.79 Å².